The molecule has 0 aromatic heterocycles. The fraction of sp³-hybridized carbons (Fsp3) is 0.250. The second-order valence-electron chi connectivity index (χ2n) is 9.11. The van der Waals surface area contributed by atoms with Crippen LogP contribution in [0.5, 0.6) is 0 Å². The number of fused-ring (bicyclic) bond motifs is 5. The number of carbonyl (C=O) groups excluding carboxylic acids is 3. The summed E-state index contributed by atoms with van der Waals surface area (Å²) < 4.78 is 0. The Bertz CT molecular complexity index is 1300. The molecule has 0 aliphatic carbocycles. The molecule has 0 saturated carbocycles. The van der Waals surface area contributed by atoms with Crippen molar-refractivity contribution in [3.05, 3.63) is 95.6 Å². The second kappa shape index (κ2) is 8.58. The highest BCUT2D eigenvalue weighted by molar-refractivity contribution is 6.16. The van der Waals surface area contributed by atoms with E-state index in [1.807, 2.05) is 53.4 Å². The van der Waals surface area contributed by atoms with Crippen LogP contribution in [0.4, 0.5) is 11.4 Å². The summed E-state index contributed by atoms with van der Waals surface area (Å²) in [6, 6.07) is 24.9. The van der Waals surface area contributed by atoms with Gasteiger partial charge in [0.2, 0.25) is 5.91 Å². The van der Waals surface area contributed by atoms with Gasteiger partial charge >= 0.3 is 0 Å². The Morgan fingerprint density at radius 2 is 1.40 bits per heavy atom. The molecule has 3 aromatic rings. The largest absolute Gasteiger partial charge is 0.368 e. The van der Waals surface area contributed by atoms with Crippen molar-refractivity contribution >= 4 is 29.1 Å². The van der Waals surface area contributed by atoms with E-state index < -0.39 is 6.17 Å². The van der Waals surface area contributed by atoms with Crippen LogP contribution in [0.15, 0.2) is 78.9 Å². The number of para-hydroxylation sites is 2. The third kappa shape index (κ3) is 3.55. The molecule has 3 amide bonds. The second-order valence-corrected chi connectivity index (χ2v) is 9.11. The molecule has 7 heteroatoms. The van der Waals surface area contributed by atoms with Crippen molar-refractivity contribution < 1.29 is 14.4 Å². The van der Waals surface area contributed by atoms with Crippen molar-refractivity contribution in [2.24, 2.45) is 0 Å². The van der Waals surface area contributed by atoms with Crippen molar-refractivity contribution in [3.8, 4) is 0 Å². The number of carbonyl (C=O) groups is 3. The van der Waals surface area contributed by atoms with Crippen LogP contribution >= 0.6 is 0 Å². The van der Waals surface area contributed by atoms with E-state index in [9.17, 15) is 14.4 Å². The van der Waals surface area contributed by atoms with Gasteiger partial charge in [-0.15, -0.1) is 0 Å². The van der Waals surface area contributed by atoms with E-state index in [1.165, 1.54) is 5.69 Å². The highest BCUT2D eigenvalue weighted by atomic mass is 16.2. The molecule has 3 heterocycles. The lowest BCUT2D eigenvalue weighted by Gasteiger charge is -2.41. The van der Waals surface area contributed by atoms with E-state index in [-0.39, 0.29) is 30.7 Å². The SMILES string of the molecule is O=C(CCN1C(=O)c2ccccc2N2C(=O)c3ccccc3C12)N1CCN(c2ccccc2)CC1. The van der Waals surface area contributed by atoms with Crippen LogP contribution in [0.2, 0.25) is 0 Å². The van der Waals surface area contributed by atoms with Gasteiger partial charge in [-0.05, 0) is 30.3 Å². The van der Waals surface area contributed by atoms with Crippen LogP contribution in [0, 0.1) is 0 Å². The van der Waals surface area contributed by atoms with Gasteiger partial charge in [0.05, 0.1) is 11.3 Å². The van der Waals surface area contributed by atoms with Gasteiger partial charge in [-0.25, -0.2) is 0 Å². The van der Waals surface area contributed by atoms with Gasteiger partial charge in [-0.3, -0.25) is 19.3 Å². The van der Waals surface area contributed by atoms with Gasteiger partial charge in [-0.1, -0.05) is 48.5 Å². The van der Waals surface area contributed by atoms with Gasteiger partial charge in [0, 0.05) is 56.0 Å². The van der Waals surface area contributed by atoms with Crippen LogP contribution in [-0.4, -0.2) is 60.2 Å². The average molecular weight is 467 g/mol. The van der Waals surface area contributed by atoms with Gasteiger partial charge in [-0.2, -0.15) is 0 Å². The molecule has 1 fully saturated rings. The molecule has 1 saturated heterocycles. The zero-order chi connectivity index (χ0) is 23.9. The Kier molecular flexibility index (Phi) is 5.25. The Hall–Kier alpha value is -4.13. The van der Waals surface area contributed by atoms with Crippen LogP contribution in [0.1, 0.15) is 38.9 Å². The summed E-state index contributed by atoms with van der Waals surface area (Å²) >= 11 is 0. The predicted octanol–water partition coefficient (Wildman–Crippen LogP) is 3.54. The fourth-order valence-corrected chi connectivity index (χ4v) is 5.43. The van der Waals surface area contributed by atoms with Gasteiger partial charge < -0.3 is 14.7 Å². The summed E-state index contributed by atoms with van der Waals surface area (Å²) in [5, 5.41) is 0. The maximum atomic E-state index is 13.5. The zero-order valence-electron chi connectivity index (χ0n) is 19.3. The lowest BCUT2D eigenvalue weighted by molar-refractivity contribution is -0.131. The summed E-state index contributed by atoms with van der Waals surface area (Å²) in [6.45, 7) is 3.13. The van der Waals surface area contributed by atoms with E-state index >= 15 is 0 Å². The Labute approximate surface area is 204 Å². The van der Waals surface area contributed by atoms with Gasteiger partial charge in [0.25, 0.3) is 11.8 Å². The number of hydrogen-bond donors (Lipinski definition) is 0. The molecular formula is C28H26N4O3. The monoisotopic (exact) mass is 466 g/mol. The first-order chi connectivity index (χ1) is 17.1. The molecule has 3 aliphatic rings. The number of benzene rings is 3. The fourth-order valence-electron chi connectivity index (χ4n) is 5.43. The molecule has 0 N–H and O–H groups in total. The molecule has 0 bridgehead atoms. The van der Waals surface area contributed by atoms with Crippen LogP contribution in [-0.2, 0) is 4.79 Å². The van der Waals surface area contributed by atoms with Crippen molar-refractivity contribution in [1.29, 1.82) is 0 Å². The minimum atomic E-state index is -0.524. The van der Waals surface area contributed by atoms with E-state index in [4.69, 9.17) is 0 Å². The summed E-state index contributed by atoms with van der Waals surface area (Å²) in [4.78, 5) is 47.5. The van der Waals surface area contributed by atoms with Crippen LogP contribution < -0.4 is 9.80 Å². The predicted molar refractivity (Wildman–Crippen MR) is 133 cm³/mol. The molecule has 35 heavy (non-hydrogen) atoms. The first kappa shape index (κ1) is 21.4. The molecule has 3 aromatic carbocycles. The molecule has 0 radical (unpaired) electrons. The molecule has 0 spiro atoms. The van der Waals surface area contributed by atoms with E-state index in [2.05, 4.69) is 17.0 Å². The third-order valence-corrected chi connectivity index (χ3v) is 7.20. The molecule has 1 atom stereocenters. The molecular weight excluding hydrogens is 440 g/mol. The summed E-state index contributed by atoms with van der Waals surface area (Å²) in [6.07, 6.45) is -0.302. The number of hydrogen-bond acceptors (Lipinski definition) is 4. The Morgan fingerprint density at radius 3 is 2.17 bits per heavy atom. The smallest absolute Gasteiger partial charge is 0.260 e. The highest BCUT2D eigenvalue weighted by Crippen LogP contribution is 2.45. The molecule has 6 rings (SSSR count). The number of piperazine rings is 1. The summed E-state index contributed by atoms with van der Waals surface area (Å²) in [5.74, 6) is -0.222. The first-order valence-electron chi connectivity index (χ1n) is 12.0. The zero-order valence-corrected chi connectivity index (χ0v) is 19.3. The van der Waals surface area contributed by atoms with Crippen molar-refractivity contribution in [3.63, 3.8) is 0 Å². The number of amides is 3. The number of rotatable bonds is 4. The number of nitrogens with zero attached hydrogens (tertiary/aromatic N) is 4. The lowest BCUT2D eigenvalue weighted by Crippen LogP contribution is -2.51. The van der Waals surface area contributed by atoms with Crippen LogP contribution in [0.25, 0.3) is 0 Å². The standard InChI is InChI=1S/C28H26N4O3/c33-25(30-18-16-29(17-19-30)20-8-2-1-3-9-20)14-15-31-26-21-10-4-5-11-22(21)28(35)32(26)24-13-7-6-12-23(24)27(31)34/h1-13,26H,14-19H2. The minimum Gasteiger partial charge on any atom is -0.368 e. The maximum Gasteiger partial charge on any atom is 0.260 e. The average Bonchev–Trinajstić information content (AvgIpc) is 3.21. The Morgan fingerprint density at radius 1 is 0.743 bits per heavy atom. The Balaban J connectivity index is 1.19. The molecule has 176 valence electrons. The van der Waals surface area contributed by atoms with Crippen molar-refractivity contribution in [2.45, 2.75) is 12.6 Å². The normalized spacial score (nSPS) is 18.9. The first-order valence-corrected chi connectivity index (χ1v) is 12.0. The molecule has 1 unspecified atom stereocenters. The minimum absolute atomic E-state index is 0.0357. The highest BCUT2D eigenvalue weighted by Gasteiger charge is 2.47. The number of anilines is 2. The molecule has 3 aliphatic heterocycles. The van der Waals surface area contributed by atoms with Crippen LogP contribution in [0.3, 0.4) is 0 Å². The van der Waals surface area contributed by atoms with Crippen molar-refractivity contribution in [2.75, 3.05) is 42.5 Å². The third-order valence-electron chi connectivity index (χ3n) is 7.20. The summed E-state index contributed by atoms with van der Waals surface area (Å²) in [5.41, 5.74) is 3.71. The van der Waals surface area contributed by atoms with E-state index in [0.717, 1.165) is 18.7 Å². The maximum absolute atomic E-state index is 13.5. The molecule has 7 nitrogen and oxygen atoms in total. The lowest BCUT2D eigenvalue weighted by atomic mass is 10.0. The van der Waals surface area contributed by atoms with Gasteiger partial charge in [0.1, 0.15) is 6.17 Å². The summed E-state index contributed by atoms with van der Waals surface area (Å²) in [7, 11) is 0. The van der Waals surface area contributed by atoms with Gasteiger partial charge in [0.15, 0.2) is 0 Å². The topological polar surface area (TPSA) is 64.2 Å². The van der Waals surface area contributed by atoms with Crippen molar-refractivity contribution in [1.82, 2.24) is 9.80 Å². The van der Waals surface area contributed by atoms with E-state index in [1.54, 1.807) is 28.0 Å². The van der Waals surface area contributed by atoms with E-state index in [0.29, 0.717) is 29.9 Å². The quantitative estimate of drug-likeness (QED) is 0.590.